The maximum atomic E-state index is 9.34. The third-order valence-corrected chi connectivity index (χ3v) is 3.15. The van der Waals surface area contributed by atoms with Crippen LogP contribution in [0.3, 0.4) is 0 Å². The van der Waals surface area contributed by atoms with Gasteiger partial charge in [0.1, 0.15) is 11.4 Å². The molecular formula is C15H14N2O. The van der Waals surface area contributed by atoms with Crippen LogP contribution in [-0.2, 0) is 7.05 Å². The lowest BCUT2D eigenvalue weighted by Crippen LogP contribution is -1.89. The molecule has 3 nitrogen and oxygen atoms in total. The van der Waals surface area contributed by atoms with E-state index in [9.17, 15) is 5.11 Å². The summed E-state index contributed by atoms with van der Waals surface area (Å²) >= 11 is 0. The Labute approximate surface area is 105 Å². The van der Waals surface area contributed by atoms with Gasteiger partial charge in [-0.2, -0.15) is 5.10 Å². The molecule has 0 bridgehead atoms. The molecule has 0 fully saturated rings. The molecular weight excluding hydrogens is 224 g/mol. The number of aryl methyl sites for hydroxylation is 2. The minimum atomic E-state index is 0.273. The van der Waals surface area contributed by atoms with E-state index in [1.807, 2.05) is 23.9 Å². The Bertz CT molecular complexity index is 711. The van der Waals surface area contributed by atoms with Crippen molar-refractivity contribution in [2.75, 3.05) is 0 Å². The highest BCUT2D eigenvalue weighted by Gasteiger charge is 2.10. The monoisotopic (exact) mass is 238 g/mol. The molecule has 0 unspecified atom stereocenters. The molecule has 3 rings (SSSR count). The number of aromatic hydroxyl groups is 1. The van der Waals surface area contributed by atoms with Gasteiger partial charge in [-0.3, -0.25) is 4.68 Å². The first-order valence-electron chi connectivity index (χ1n) is 5.88. The van der Waals surface area contributed by atoms with Crippen LogP contribution in [-0.4, -0.2) is 14.9 Å². The number of rotatable bonds is 1. The fourth-order valence-corrected chi connectivity index (χ4v) is 2.21. The van der Waals surface area contributed by atoms with Gasteiger partial charge >= 0.3 is 0 Å². The van der Waals surface area contributed by atoms with E-state index in [1.165, 1.54) is 5.56 Å². The summed E-state index contributed by atoms with van der Waals surface area (Å²) in [6.45, 7) is 2.08. The van der Waals surface area contributed by atoms with E-state index in [-0.39, 0.29) is 5.75 Å². The largest absolute Gasteiger partial charge is 0.508 e. The van der Waals surface area contributed by atoms with Gasteiger partial charge in [0, 0.05) is 18.0 Å². The minimum Gasteiger partial charge on any atom is -0.508 e. The second-order valence-electron chi connectivity index (χ2n) is 4.54. The van der Waals surface area contributed by atoms with Gasteiger partial charge in [-0.1, -0.05) is 11.6 Å². The molecule has 1 N–H and O–H groups in total. The van der Waals surface area contributed by atoms with Gasteiger partial charge in [-0.15, -0.1) is 0 Å². The number of phenolic OH excluding ortho intramolecular Hbond substituents is 1. The molecule has 3 aromatic rings. The highest BCUT2D eigenvalue weighted by Crippen LogP contribution is 2.29. The molecule has 0 aliphatic heterocycles. The van der Waals surface area contributed by atoms with Gasteiger partial charge in [-0.05, 0) is 43.3 Å². The van der Waals surface area contributed by atoms with Crippen LogP contribution in [0.5, 0.6) is 5.75 Å². The van der Waals surface area contributed by atoms with Gasteiger partial charge in [0.05, 0.1) is 5.52 Å². The summed E-state index contributed by atoms with van der Waals surface area (Å²) in [6, 6.07) is 13.5. The SMILES string of the molecule is Cc1ccc2c(c1)c(-c1ccc(O)cc1)nn2C. The number of fused-ring (bicyclic) bond motifs is 1. The van der Waals surface area contributed by atoms with Crippen molar-refractivity contribution in [1.82, 2.24) is 9.78 Å². The quantitative estimate of drug-likeness (QED) is 0.706. The van der Waals surface area contributed by atoms with Crippen LogP contribution in [0.4, 0.5) is 0 Å². The molecule has 2 aromatic carbocycles. The number of aromatic nitrogens is 2. The number of hydrogen-bond acceptors (Lipinski definition) is 2. The zero-order chi connectivity index (χ0) is 12.7. The van der Waals surface area contributed by atoms with E-state index in [0.717, 1.165) is 22.2 Å². The number of phenols is 1. The standard InChI is InChI=1S/C15H14N2O/c1-10-3-8-14-13(9-10)15(16-17(14)2)11-4-6-12(18)7-5-11/h3-9,18H,1-2H3. The first kappa shape index (κ1) is 10.8. The zero-order valence-corrected chi connectivity index (χ0v) is 10.4. The molecule has 0 amide bonds. The van der Waals surface area contributed by atoms with E-state index in [1.54, 1.807) is 12.1 Å². The molecule has 0 atom stereocenters. The molecule has 0 saturated heterocycles. The van der Waals surface area contributed by atoms with Crippen LogP contribution in [0.2, 0.25) is 0 Å². The van der Waals surface area contributed by atoms with Gasteiger partial charge in [0.25, 0.3) is 0 Å². The molecule has 1 heterocycles. The van der Waals surface area contributed by atoms with Gasteiger partial charge in [0.15, 0.2) is 0 Å². The van der Waals surface area contributed by atoms with Crippen molar-refractivity contribution in [3.8, 4) is 17.0 Å². The van der Waals surface area contributed by atoms with Crippen LogP contribution in [0, 0.1) is 6.92 Å². The van der Waals surface area contributed by atoms with E-state index in [2.05, 4.69) is 30.2 Å². The maximum Gasteiger partial charge on any atom is 0.115 e. The van der Waals surface area contributed by atoms with Crippen LogP contribution in [0.25, 0.3) is 22.2 Å². The Balaban J connectivity index is 2.28. The molecule has 0 radical (unpaired) electrons. The first-order valence-corrected chi connectivity index (χ1v) is 5.88. The first-order chi connectivity index (χ1) is 8.65. The predicted octanol–water partition coefficient (Wildman–Crippen LogP) is 3.25. The Morgan fingerprint density at radius 3 is 2.50 bits per heavy atom. The number of nitrogens with zero attached hydrogens (tertiary/aromatic N) is 2. The molecule has 18 heavy (non-hydrogen) atoms. The van der Waals surface area contributed by atoms with Crippen molar-refractivity contribution in [2.24, 2.45) is 7.05 Å². The van der Waals surface area contributed by atoms with Crippen LogP contribution >= 0.6 is 0 Å². The molecule has 1 aromatic heterocycles. The Morgan fingerprint density at radius 1 is 1.06 bits per heavy atom. The topological polar surface area (TPSA) is 38.1 Å². The van der Waals surface area contributed by atoms with Crippen LogP contribution in [0.15, 0.2) is 42.5 Å². The lowest BCUT2D eigenvalue weighted by Gasteiger charge is -1.99. The summed E-state index contributed by atoms with van der Waals surface area (Å²) < 4.78 is 1.89. The Kier molecular flexibility index (Phi) is 2.33. The maximum absolute atomic E-state index is 9.34. The summed E-state index contributed by atoms with van der Waals surface area (Å²) in [5.41, 5.74) is 4.31. The lowest BCUT2D eigenvalue weighted by molar-refractivity contribution is 0.475. The number of hydrogen-bond donors (Lipinski definition) is 1. The minimum absolute atomic E-state index is 0.273. The smallest absolute Gasteiger partial charge is 0.115 e. The second-order valence-corrected chi connectivity index (χ2v) is 4.54. The molecule has 90 valence electrons. The van der Waals surface area contributed by atoms with Crippen molar-refractivity contribution in [2.45, 2.75) is 6.92 Å². The molecule has 0 aliphatic carbocycles. The summed E-state index contributed by atoms with van der Waals surface area (Å²) in [6.07, 6.45) is 0. The third kappa shape index (κ3) is 1.64. The fraction of sp³-hybridized carbons (Fsp3) is 0.133. The highest BCUT2D eigenvalue weighted by molar-refractivity contribution is 5.93. The van der Waals surface area contributed by atoms with Crippen molar-refractivity contribution in [3.63, 3.8) is 0 Å². The van der Waals surface area contributed by atoms with E-state index >= 15 is 0 Å². The zero-order valence-electron chi connectivity index (χ0n) is 10.4. The van der Waals surface area contributed by atoms with Crippen molar-refractivity contribution >= 4 is 10.9 Å². The van der Waals surface area contributed by atoms with E-state index in [4.69, 9.17) is 0 Å². The highest BCUT2D eigenvalue weighted by atomic mass is 16.3. The summed E-state index contributed by atoms with van der Waals surface area (Å²) in [4.78, 5) is 0. The predicted molar refractivity (Wildman–Crippen MR) is 72.6 cm³/mol. The number of benzene rings is 2. The Hall–Kier alpha value is -2.29. The average molecular weight is 238 g/mol. The van der Waals surface area contributed by atoms with Gasteiger partial charge < -0.3 is 5.11 Å². The Morgan fingerprint density at radius 2 is 1.78 bits per heavy atom. The summed E-state index contributed by atoms with van der Waals surface area (Å²) in [5.74, 6) is 0.273. The van der Waals surface area contributed by atoms with E-state index < -0.39 is 0 Å². The van der Waals surface area contributed by atoms with Crippen molar-refractivity contribution < 1.29 is 5.11 Å². The summed E-state index contributed by atoms with van der Waals surface area (Å²) in [5, 5.41) is 15.0. The third-order valence-electron chi connectivity index (χ3n) is 3.15. The average Bonchev–Trinajstić information content (AvgIpc) is 2.67. The molecule has 0 aliphatic rings. The fourth-order valence-electron chi connectivity index (χ4n) is 2.21. The van der Waals surface area contributed by atoms with E-state index in [0.29, 0.717) is 0 Å². The normalized spacial score (nSPS) is 11.0. The van der Waals surface area contributed by atoms with Crippen LogP contribution < -0.4 is 0 Å². The van der Waals surface area contributed by atoms with Crippen molar-refractivity contribution in [1.29, 1.82) is 0 Å². The van der Waals surface area contributed by atoms with Crippen LogP contribution in [0.1, 0.15) is 5.56 Å². The lowest BCUT2D eigenvalue weighted by atomic mass is 10.1. The van der Waals surface area contributed by atoms with Gasteiger partial charge in [-0.25, -0.2) is 0 Å². The molecule has 3 heteroatoms. The molecule has 0 saturated carbocycles. The summed E-state index contributed by atoms with van der Waals surface area (Å²) in [7, 11) is 1.95. The van der Waals surface area contributed by atoms with Crippen molar-refractivity contribution in [3.05, 3.63) is 48.0 Å². The second kappa shape index (κ2) is 3.88. The van der Waals surface area contributed by atoms with Gasteiger partial charge in [0.2, 0.25) is 0 Å². The molecule has 0 spiro atoms.